The van der Waals surface area contributed by atoms with E-state index >= 15 is 0 Å². The summed E-state index contributed by atoms with van der Waals surface area (Å²) in [5.74, 6) is -0.451. The summed E-state index contributed by atoms with van der Waals surface area (Å²) >= 11 is 0. The monoisotopic (exact) mass is 595 g/mol. The summed E-state index contributed by atoms with van der Waals surface area (Å²) in [6.45, 7) is 1.58. The molecule has 1 fully saturated rings. The van der Waals surface area contributed by atoms with Crippen molar-refractivity contribution in [2.75, 3.05) is 7.11 Å². The van der Waals surface area contributed by atoms with Gasteiger partial charge in [-0.15, -0.1) is 0 Å². The number of methoxy groups -OCH3 is 1. The summed E-state index contributed by atoms with van der Waals surface area (Å²) < 4.78 is 94.6. The quantitative estimate of drug-likeness (QED) is 0.261. The van der Waals surface area contributed by atoms with Gasteiger partial charge < -0.3 is 24.9 Å². The van der Waals surface area contributed by atoms with Crippen molar-refractivity contribution >= 4 is 16.8 Å². The van der Waals surface area contributed by atoms with Crippen molar-refractivity contribution in [1.82, 2.24) is 20.3 Å². The number of nitrogens with two attached hydrogens (primary N) is 1. The van der Waals surface area contributed by atoms with Crippen molar-refractivity contribution < 1.29 is 45.0 Å². The van der Waals surface area contributed by atoms with Gasteiger partial charge in [0, 0.05) is 42.1 Å². The van der Waals surface area contributed by atoms with E-state index in [0.29, 0.717) is 19.0 Å². The fourth-order valence-electron chi connectivity index (χ4n) is 4.44. The molecule has 0 unspecified atom stereocenters. The SMILES string of the molecule is COc1ccc(-c2nc(C(=O)NC3CC(Oc4ccc(C(F)(F)F)cn4)C3)c([C@H](C)N)o2)c2ccc(C(F)(F)F)nc12. The van der Waals surface area contributed by atoms with Gasteiger partial charge in [0.25, 0.3) is 5.91 Å². The summed E-state index contributed by atoms with van der Waals surface area (Å²) in [6, 6.07) is 5.90. The highest BCUT2D eigenvalue weighted by Crippen LogP contribution is 2.38. The number of pyridine rings is 2. The molecule has 4 aromatic rings. The standard InChI is InChI=1S/C27H23F6N5O4/c1-12(34)23-22(24(39)36-14-9-15(10-14)41-20-8-3-13(11-35-20)26(28,29)30)38-25(42-23)17-4-6-18(40-2)21-16(17)5-7-19(37-21)27(31,32)33/h3-8,11-12,14-15H,9-10,34H2,1-2H3,(H,36,39)/t12-,14?,15?/m0/s1. The maximum absolute atomic E-state index is 13.3. The number of carbonyl (C=O) groups excluding carboxylic acids is 1. The molecule has 0 saturated heterocycles. The maximum atomic E-state index is 13.3. The van der Waals surface area contributed by atoms with Crippen LogP contribution >= 0.6 is 0 Å². The van der Waals surface area contributed by atoms with Gasteiger partial charge in [-0.25, -0.2) is 15.0 Å². The Bertz CT molecular complexity index is 1610. The van der Waals surface area contributed by atoms with Crippen LogP contribution in [0.4, 0.5) is 26.3 Å². The number of aromatic nitrogens is 3. The van der Waals surface area contributed by atoms with Crippen LogP contribution in [0.15, 0.2) is 47.0 Å². The predicted octanol–water partition coefficient (Wildman–Crippen LogP) is 5.69. The fourth-order valence-corrected chi connectivity index (χ4v) is 4.44. The Morgan fingerprint density at radius 3 is 2.38 bits per heavy atom. The van der Waals surface area contributed by atoms with Crippen LogP contribution in [0.5, 0.6) is 11.6 Å². The van der Waals surface area contributed by atoms with Crippen molar-refractivity contribution in [2.24, 2.45) is 5.73 Å². The fraction of sp³-hybridized carbons (Fsp3) is 0.333. The number of hydrogen-bond acceptors (Lipinski definition) is 8. The number of rotatable bonds is 7. The zero-order valence-corrected chi connectivity index (χ0v) is 22.0. The summed E-state index contributed by atoms with van der Waals surface area (Å²) in [4.78, 5) is 24.9. The first-order valence-electron chi connectivity index (χ1n) is 12.6. The Hall–Kier alpha value is -4.40. The van der Waals surface area contributed by atoms with Crippen molar-refractivity contribution in [2.45, 2.75) is 50.3 Å². The Labute approximate surface area is 234 Å². The van der Waals surface area contributed by atoms with Crippen LogP contribution in [0.1, 0.15) is 53.3 Å². The lowest BCUT2D eigenvalue weighted by atomic mass is 9.89. The average Bonchev–Trinajstić information content (AvgIpc) is 3.36. The van der Waals surface area contributed by atoms with Gasteiger partial charge in [0.2, 0.25) is 11.8 Å². The molecule has 1 saturated carbocycles. The molecule has 1 aliphatic carbocycles. The van der Waals surface area contributed by atoms with Crippen LogP contribution in [0, 0.1) is 0 Å². The lowest BCUT2D eigenvalue weighted by molar-refractivity contribution is -0.141. The number of alkyl halides is 6. The molecule has 1 aliphatic rings. The number of amides is 1. The van der Waals surface area contributed by atoms with E-state index in [1.54, 1.807) is 6.92 Å². The smallest absolute Gasteiger partial charge is 0.433 e. The van der Waals surface area contributed by atoms with E-state index in [4.69, 9.17) is 19.6 Å². The third-order valence-electron chi connectivity index (χ3n) is 6.62. The second-order valence-corrected chi connectivity index (χ2v) is 9.69. The van der Waals surface area contributed by atoms with Gasteiger partial charge in [-0.2, -0.15) is 26.3 Å². The van der Waals surface area contributed by atoms with Crippen molar-refractivity contribution in [3.05, 3.63) is 65.3 Å². The summed E-state index contributed by atoms with van der Waals surface area (Å²) in [5.41, 5.74) is 4.13. The normalized spacial score (nSPS) is 17.9. The average molecular weight is 596 g/mol. The molecule has 3 aromatic heterocycles. The van der Waals surface area contributed by atoms with Gasteiger partial charge in [-0.05, 0) is 37.3 Å². The Balaban J connectivity index is 1.32. The second kappa shape index (κ2) is 10.8. The molecule has 15 heteroatoms. The molecule has 3 heterocycles. The van der Waals surface area contributed by atoms with Crippen molar-refractivity contribution in [1.29, 1.82) is 0 Å². The lowest BCUT2D eigenvalue weighted by Gasteiger charge is -2.35. The minimum Gasteiger partial charge on any atom is -0.494 e. The van der Waals surface area contributed by atoms with Crippen LogP contribution < -0.4 is 20.5 Å². The number of oxazole rings is 1. The third kappa shape index (κ3) is 5.82. The number of benzene rings is 1. The highest BCUT2D eigenvalue weighted by molar-refractivity contribution is 5.98. The van der Waals surface area contributed by atoms with E-state index in [0.717, 1.165) is 18.2 Å². The maximum Gasteiger partial charge on any atom is 0.433 e. The largest absolute Gasteiger partial charge is 0.494 e. The van der Waals surface area contributed by atoms with Gasteiger partial charge >= 0.3 is 12.4 Å². The molecule has 1 aromatic carbocycles. The molecule has 0 spiro atoms. The summed E-state index contributed by atoms with van der Waals surface area (Å²) in [7, 11) is 1.30. The first-order chi connectivity index (χ1) is 19.7. The molecule has 222 valence electrons. The predicted molar refractivity (Wildman–Crippen MR) is 136 cm³/mol. The molecular formula is C27H23F6N5O4. The van der Waals surface area contributed by atoms with E-state index in [-0.39, 0.29) is 57.6 Å². The number of ether oxygens (including phenoxy) is 2. The van der Waals surface area contributed by atoms with Crippen LogP contribution in [0.25, 0.3) is 22.4 Å². The van der Waals surface area contributed by atoms with Gasteiger partial charge in [0.15, 0.2) is 11.5 Å². The molecule has 42 heavy (non-hydrogen) atoms. The molecule has 0 bridgehead atoms. The number of halogens is 6. The molecule has 0 aliphatic heterocycles. The van der Waals surface area contributed by atoms with Gasteiger partial charge in [0.05, 0.1) is 18.7 Å². The minimum absolute atomic E-state index is 0.0294. The summed E-state index contributed by atoms with van der Waals surface area (Å²) in [5, 5.41) is 3.05. The second-order valence-electron chi connectivity index (χ2n) is 9.69. The number of nitrogens with one attached hydrogen (secondary N) is 1. The molecule has 5 rings (SSSR count). The third-order valence-corrected chi connectivity index (χ3v) is 6.62. The first kappa shape index (κ1) is 29.1. The first-order valence-corrected chi connectivity index (χ1v) is 12.6. The van der Waals surface area contributed by atoms with E-state index < -0.39 is 35.6 Å². The molecule has 0 radical (unpaired) electrons. The molecule has 9 nitrogen and oxygen atoms in total. The molecule has 3 N–H and O–H groups in total. The topological polar surface area (TPSA) is 125 Å². The van der Waals surface area contributed by atoms with Crippen molar-refractivity contribution in [3.63, 3.8) is 0 Å². The molecular weight excluding hydrogens is 572 g/mol. The number of hydrogen-bond donors (Lipinski definition) is 2. The lowest BCUT2D eigenvalue weighted by Crippen LogP contribution is -2.49. The van der Waals surface area contributed by atoms with Gasteiger partial charge in [0.1, 0.15) is 23.1 Å². The van der Waals surface area contributed by atoms with E-state index in [2.05, 4.69) is 20.3 Å². The Kier molecular flexibility index (Phi) is 7.47. The number of nitrogens with zero attached hydrogens (tertiary/aromatic N) is 3. The minimum atomic E-state index is -4.68. The van der Waals surface area contributed by atoms with Crippen molar-refractivity contribution in [3.8, 4) is 23.1 Å². The van der Waals surface area contributed by atoms with Crippen LogP contribution in [0.3, 0.4) is 0 Å². The number of carbonyl (C=O) groups is 1. The molecule has 1 atom stereocenters. The molecule has 1 amide bonds. The van der Waals surface area contributed by atoms with Crippen LogP contribution in [-0.2, 0) is 12.4 Å². The Morgan fingerprint density at radius 2 is 1.79 bits per heavy atom. The zero-order chi connectivity index (χ0) is 30.4. The highest BCUT2D eigenvalue weighted by atomic mass is 19.4. The van der Waals surface area contributed by atoms with E-state index in [9.17, 15) is 31.1 Å². The van der Waals surface area contributed by atoms with E-state index in [1.165, 1.54) is 25.3 Å². The van der Waals surface area contributed by atoms with Crippen LogP contribution in [-0.4, -0.2) is 40.1 Å². The number of fused-ring (bicyclic) bond motifs is 1. The Morgan fingerprint density at radius 1 is 1.05 bits per heavy atom. The van der Waals surface area contributed by atoms with E-state index in [1.807, 2.05) is 0 Å². The van der Waals surface area contributed by atoms with Gasteiger partial charge in [-0.3, -0.25) is 4.79 Å². The van der Waals surface area contributed by atoms with Gasteiger partial charge in [-0.1, -0.05) is 0 Å². The van der Waals surface area contributed by atoms with Crippen LogP contribution in [0.2, 0.25) is 0 Å². The summed E-state index contributed by atoms with van der Waals surface area (Å²) in [6.07, 6.45) is -8.15. The zero-order valence-electron chi connectivity index (χ0n) is 22.0. The highest BCUT2D eigenvalue weighted by Gasteiger charge is 2.36.